The summed E-state index contributed by atoms with van der Waals surface area (Å²) >= 11 is 0. The number of morpholine rings is 1. The molecule has 114 valence electrons. The van der Waals surface area contributed by atoms with Gasteiger partial charge < -0.3 is 15.5 Å². The van der Waals surface area contributed by atoms with Gasteiger partial charge in [0.2, 0.25) is 0 Å². The second kappa shape index (κ2) is 6.48. The van der Waals surface area contributed by atoms with Crippen molar-refractivity contribution in [2.75, 3.05) is 31.2 Å². The lowest BCUT2D eigenvalue weighted by Crippen LogP contribution is -2.36. The second-order valence-corrected chi connectivity index (χ2v) is 4.88. The van der Waals surface area contributed by atoms with Crippen LogP contribution in [0.1, 0.15) is 5.56 Å². The molecule has 0 saturated carbocycles. The third kappa shape index (κ3) is 3.04. The molecule has 7 heteroatoms. The highest BCUT2D eigenvalue weighted by atomic mass is 19.1. The van der Waals surface area contributed by atoms with Crippen LogP contribution in [0.3, 0.4) is 0 Å². The molecule has 1 aliphatic heterocycles. The first-order valence-corrected chi connectivity index (χ1v) is 6.96. The first kappa shape index (κ1) is 14.4. The van der Waals surface area contributed by atoms with E-state index in [-0.39, 0.29) is 0 Å². The number of nitrogens with zero attached hydrogens (tertiary/aromatic N) is 4. The molecule has 1 aromatic heterocycles. The fraction of sp³-hybridized carbons (Fsp3) is 0.267. The third-order valence-electron chi connectivity index (χ3n) is 3.47. The third-order valence-corrected chi connectivity index (χ3v) is 3.47. The molecule has 0 aliphatic carbocycles. The molecule has 3 rings (SSSR count). The molecule has 1 aromatic carbocycles. The smallest absolute Gasteiger partial charge is 0.159 e. The van der Waals surface area contributed by atoms with E-state index in [4.69, 9.17) is 10.6 Å². The molecule has 2 aromatic rings. The first-order chi connectivity index (χ1) is 10.8. The minimum Gasteiger partial charge on any atom is -0.378 e. The van der Waals surface area contributed by atoms with Crippen molar-refractivity contribution in [3.05, 3.63) is 42.0 Å². The van der Waals surface area contributed by atoms with Gasteiger partial charge in [-0.1, -0.05) is 12.1 Å². The number of hydrogen-bond donors (Lipinski definition) is 1. The molecule has 0 spiro atoms. The number of benzene rings is 1. The molecule has 1 saturated heterocycles. The van der Waals surface area contributed by atoms with Gasteiger partial charge in [0.1, 0.15) is 0 Å². The van der Waals surface area contributed by atoms with E-state index >= 15 is 0 Å². The maximum Gasteiger partial charge on any atom is 0.159 e. The van der Waals surface area contributed by atoms with Gasteiger partial charge >= 0.3 is 0 Å². The fourth-order valence-electron chi connectivity index (χ4n) is 2.41. The summed E-state index contributed by atoms with van der Waals surface area (Å²) in [5, 5.41) is 3.61. The van der Waals surface area contributed by atoms with Crippen LogP contribution in [0, 0.1) is 5.82 Å². The van der Waals surface area contributed by atoms with Gasteiger partial charge in [0, 0.05) is 29.9 Å². The lowest BCUT2D eigenvalue weighted by atomic mass is 10.1. The average Bonchev–Trinajstić information content (AvgIpc) is 2.57. The first-order valence-electron chi connectivity index (χ1n) is 6.96. The zero-order valence-electron chi connectivity index (χ0n) is 11.9. The van der Waals surface area contributed by atoms with E-state index in [0.29, 0.717) is 19.0 Å². The summed E-state index contributed by atoms with van der Waals surface area (Å²) in [6.07, 6.45) is 3.93. The zero-order chi connectivity index (χ0) is 15.4. The van der Waals surface area contributed by atoms with Crippen LogP contribution in [0.4, 0.5) is 10.1 Å². The summed E-state index contributed by atoms with van der Waals surface area (Å²) in [6, 6.07) is 5.74. The van der Waals surface area contributed by atoms with Gasteiger partial charge in [-0.05, 0) is 6.07 Å². The van der Waals surface area contributed by atoms with Crippen molar-refractivity contribution in [2.24, 2.45) is 10.9 Å². The molecule has 2 heterocycles. The van der Waals surface area contributed by atoms with Crippen molar-refractivity contribution in [1.29, 1.82) is 0 Å². The van der Waals surface area contributed by atoms with E-state index in [1.165, 1.54) is 0 Å². The highest BCUT2D eigenvalue weighted by Crippen LogP contribution is 2.26. The van der Waals surface area contributed by atoms with E-state index in [2.05, 4.69) is 20.0 Å². The molecular weight excluding hydrogens is 285 g/mol. The van der Waals surface area contributed by atoms with Crippen molar-refractivity contribution in [2.45, 2.75) is 0 Å². The molecule has 0 amide bonds. The van der Waals surface area contributed by atoms with Gasteiger partial charge in [0.25, 0.3) is 0 Å². The molecule has 0 unspecified atom stereocenters. The summed E-state index contributed by atoms with van der Waals surface area (Å²) in [5.41, 5.74) is 2.72. The molecule has 0 bridgehead atoms. The normalized spacial score (nSPS) is 15.4. The van der Waals surface area contributed by atoms with Gasteiger partial charge in [0.05, 0.1) is 31.8 Å². The van der Waals surface area contributed by atoms with Gasteiger partial charge in [-0.25, -0.2) is 14.4 Å². The van der Waals surface area contributed by atoms with Crippen molar-refractivity contribution < 1.29 is 9.13 Å². The monoisotopic (exact) mass is 301 g/mol. The fourth-order valence-corrected chi connectivity index (χ4v) is 2.41. The van der Waals surface area contributed by atoms with E-state index in [1.807, 2.05) is 18.2 Å². The Bertz CT molecular complexity index is 668. The standard InChI is InChI=1S/C15H16FN5O/c16-13-9-18-15(19-10-13)11-1-2-12(8-20-17)14(7-11)21-3-5-22-6-4-21/h1-2,7-10H,3-6,17H2. The van der Waals surface area contributed by atoms with E-state index < -0.39 is 5.82 Å². The number of aromatic nitrogens is 2. The molecular formula is C15H16FN5O. The van der Waals surface area contributed by atoms with E-state index in [0.717, 1.165) is 42.3 Å². The quantitative estimate of drug-likeness (QED) is 0.527. The van der Waals surface area contributed by atoms with Gasteiger partial charge in [-0.3, -0.25) is 0 Å². The highest BCUT2D eigenvalue weighted by molar-refractivity contribution is 5.89. The Balaban J connectivity index is 2.00. The predicted molar refractivity (Wildman–Crippen MR) is 82.2 cm³/mol. The number of ether oxygens (including phenoxy) is 1. The summed E-state index contributed by atoms with van der Waals surface area (Å²) < 4.78 is 18.3. The summed E-state index contributed by atoms with van der Waals surface area (Å²) in [4.78, 5) is 10.2. The molecule has 0 atom stereocenters. The zero-order valence-corrected chi connectivity index (χ0v) is 11.9. The Morgan fingerprint density at radius 1 is 1.23 bits per heavy atom. The van der Waals surface area contributed by atoms with Gasteiger partial charge in [-0.15, -0.1) is 0 Å². The Hall–Kier alpha value is -2.54. The van der Waals surface area contributed by atoms with Crippen LogP contribution in [0.2, 0.25) is 0 Å². The van der Waals surface area contributed by atoms with Crippen molar-refractivity contribution in [3.63, 3.8) is 0 Å². The van der Waals surface area contributed by atoms with Crippen LogP contribution >= 0.6 is 0 Å². The molecule has 22 heavy (non-hydrogen) atoms. The molecule has 2 N–H and O–H groups in total. The SMILES string of the molecule is NN=Cc1ccc(-c2ncc(F)cn2)cc1N1CCOCC1. The highest BCUT2D eigenvalue weighted by Gasteiger charge is 2.16. The number of nitrogens with two attached hydrogens (primary N) is 1. The Morgan fingerprint density at radius 2 is 1.95 bits per heavy atom. The Kier molecular flexibility index (Phi) is 4.24. The summed E-state index contributed by atoms with van der Waals surface area (Å²) in [5.74, 6) is 5.31. The van der Waals surface area contributed by atoms with E-state index in [1.54, 1.807) is 6.21 Å². The van der Waals surface area contributed by atoms with Gasteiger partial charge in [0.15, 0.2) is 11.6 Å². The van der Waals surface area contributed by atoms with Crippen LogP contribution in [0.25, 0.3) is 11.4 Å². The Morgan fingerprint density at radius 3 is 2.64 bits per heavy atom. The molecule has 1 aliphatic rings. The van der Waals surface area contributed by atoms with Crippen LogP contribution in [0.5, 0.6) is 0 Å². The second-order valence-electron chi connectivity index (χ2n) is 4.88. The van der Waals surface area contributed by atoms with E-state index in [9.17, 15) is 4.39 Å². The summed E-state index contributed by atoms with van der Waals surface area (Å²) in [7, 11) is 0. The number of halogens is 1. The summed E-state index contributed by atoms with van der Waals surface area (Å²) in [6.45, 7) is 2.94. The van der Waals surface area contributed by atoms with Crippen LogP contribution in [0.15, 0.2) is 35.7 Å². The largest absolute Gasteiger partial charge is 0.378 e. The number of anilines is 1. The Labute approximate surface area is 127 Å². The maximum atomic E-state index is 13.0. The predicted octanol–water partition coefficient (Wildman–Crippen LogP) is 1.41. The lowest BCUT2D eigenvalue weighted by molar-refractivity contribution is 0.122. The molecule has 0 radical (unpaired) electrons. The van der Waals surface area contributed by atoms with Crippen molar-refractivity contribution >= 4 is 11.9 Å². The van der Waals surface area contributed by atoms with Crippen LogP contribution < -0.4 is 10.7 Å². The van der Waals surface area contributed by atoms with Crippen molar-refractivity contribution in [3.8, 4) is 11.4 Å². The molecule has 1 fully saturated rings. The van der Waals surface area contributed by atoms with Crippen LogP contribution in [-0.4, -0.2) is 42.5 Å². The molecule has 6 nitrogen and oxygen atoms in total. The number of hydrogen-bond acceptors (Lipinski definition) is 6. The van der Waals surface area contributed by atoms with Crippen LogP contribution in [-0.2, 0) is 4.74 Å². The number of hydrazone groups is 1. The lowest BCUT2D eigenvalue weighted by Gasteiger charge is -2.30. The maximum absolute atomic E-state index is 13.0. The average molecular weight is 301 g/mol. The number of rotatable bonds is 3. The minimum atomic E-state index is -0.455. The van der Waals surface area contributed by atoms with Crippen molar-refractivity contribution in [1.82, 2.24) is 9.97 Å². The minimum absolute atomic E-state index is 0.455. The topological polar surface area (TPSA) is 76.6 Å². The van der Waals surface area contributed by atoms with Gasteiger partial charge in [-0.2, -0.15) is 5.10 Å².